The standard InChI is InChI=1S/C17H14O3/c1-12-11-16(17(18)19-12)13-7-9-15(10-8-13)20-14-5-3-2-4-6-14/h2-12H,1H3. The zero-order chi connectivity index (χ0) is 13.9. The van der Waals surface area contributed by atoms with Gasteiger partial charge in [-0.3, -0.25) is 0 Å². The minimum Gasteiger partial charge on any atom is -0.457 e. The molecule has 0 aliphatic carbocycles. The average Bonchev–Trinajstić information content (AvgIpc) is 2.80. The molecule has 1 aliphatic heterocycles. The van der Waals surface area contributed by atoms with Crippen LogP contribution in [0.2, 0.25) is 0 Å². The molecule has 0 bridgehead atoms. The van der Waals surface area contributed by atoms with Crippen molar-refractivity contribution in [2.45, 2.75) is 13.0 Å². The number of cyclic esters (lactones) is 1. The van der Waals surface area contributed by atoms with Crippen LogP contribution in [0.5, 0.6) is 11.5 Å². The largest absolute Gasteiger partial charge is 0.457 e. The number of hydrogen-bond acceptors (Lipinski definition) is 3. The molecule has 0 radical (unpaired) electrons. The van der Waals surface area contributed by atoms with E-state index in [1.54, 1.807) is 0 Å². The van der Waals surface area contributed by atoms with Crippen LogP contribution in [0.25, 0.3) is 5.57 Å². The number of carbonyl (C=O) groups is 1. The summed E-state index contributed by atoms with van der Waals surface area (Å²) in [5.41, 5.74) is 1.46. The van der Waals surface area contributed by atoms with Crippen LogP contribution in [0.3, 0.4) is 0 Å². The third-order valence-corrected chi connectivity index (χ3v) is 3.06. The molecule has 0 fully saturated rings. The highest BCUT2D eigenvalue weighted by Gasteiger charge is 2.23. The summed E-state index contributed by atoms with van der Waals surface area (Å²) in [5, 5.41) is 0. The summed E-state index contributed by atoms with van der Waals surface area (Å²) in [6.45, 7) is 1.85. The van der Waals surface area contributed by atoms with E-state index in [2.05, 4.69) is 0 Å². The maximum atomic E-state index is 11.6. The lowest BCUT2D eigenvalue weighted by molar-refractivity contribution is -0.137. The summed E-state index contributed by atoms with van der Waals surface area (Å²) in [4.78, 5) is 11.6. The predicted molar refractivity (Wildman–Crippen MR) is 76.5 cm³/mol. The maximum Gasteiger partial charge on any atom is 0.339 e. The number of benzene rings is 2. The van der Waals surface area contributed by atoms with Gasteiger partial charge in [0, 0.05) is 0 Å². The Balaban J connectivity index is 1.78. The van der Waals surface area contributed by atoms with E-state index in [-0.39, 0.29) is 12.1 Å². The fourth-order valence-corrected chi connectivity index (χ4v) is 2.11. The quantitative estimate of drug-likeness (QED) is 0.792. The molecular formula is C17H14O3. The molecule has 3 nitrogen and oxygen atoms in total. The minimum absolute atomic E-state index is 0.155. The highest BCUT2D eigenvalue weighted by molar-refractivity contribution is 6.18. The van der Waals surface area contributed by atoms with Crippen LogP contribution in [0.1, 0.15) is 12.5 Å². The van der Waals surface area contributed by atoms with E-state index in [9.17, 15) is 4.79 Å². The summed E-state index contributed by atoms with van der Waals surface area (Å²) in [5.74, 6) is 1.25. The van der Waals surface area contributed by atoms with Crippen LogP contribution in [-0.2, 0) is 9.53 Å². The topological polar surface area (TPSA) is 35.5 Å². The first-order valence-corrected chi connectivity index (χ1v) is 6.48. The molecule has 3 rings (SSSR count). The monoisotopic (exact) mass is 266 g/mol. The Morgan fingerprint density at radius 2 is 1.60 bits per heavy atom. The number of rotatable bonds is 3. The Morgan fingerprint density at radius 3 is 2.20 bits per heavy atom. The molecule has 0 spiro atoms. The molecule has 1 heterocycles. The van der Waals surface area contributed by atoms with Crippen LogP contribution in [-0.4, -0.2) is 12.1 Å². The van der Waals surface area contributed by atoms with E-state index in [0.29, 0.717) is 5.57 Å². The van der Waals surface area contributed by atoms with Gasteiger partial charge in [-0.05, 0) is 42.8 Å². The summed E-state index contributed by atoms with van der Waals surface area (Å²) >= 11 is 0. The van der Waals surface area contributed by atoms with Crippen molar-refractivity contribution in [1.29, 1.82) is 0 Å². The van der Waals surface area contributed by atoms with Gasteiger partial charge in [0.1, 0.15) is 17.6 Å². The SMILES string of the molecule is CC1C=C(c2ccc(Oc3ccccc3)cc2)C(=O)O1. The summed E-state index contributed by atoms with van der Waals surface area (Å²) in [7, 11) is 0. The molecule has 0 amide bonds. The molecule has 100 valence electrons. The zero-order valence-corrected chi connectivity index (χ0v) is 11.1. The average molecular weight is 266 g/mol. The van der Waals surface area contributed by atoms with Crippen molar-refractivity contribution in [3.63, 3.8) is 0 Å². The number of carbonyl (C=O) groups excluding carboxylic acids is 1. The fraction of sp³-hybridized carbons (Fsp3) is 0.118. The normalized spacial score (nSPS) is 17.6. The van der Waals surface area contributed by atoms with Crippen LogP contribution in [0.4, 0.5) is 0 Å². The van der Waals surface area contributed by atoms with Gasteiger partial charge in [-0.2, -0.15) is 0 Å². The third kappa shape index (κ3) is 2.57. The van der Waals surface area contributed by atoms with E-state index < -0.39 is 0 Å². The van der Waals surface area contributed by atoms with E-state index in [1.807, 2.05) is 67.6 Å². The van der Waals surface area contributed by atoms with Gasteiger partial charge >= 0.3 is 5.97 Å². The Labute approximate surface area is 117 Å². The van der Waals surface area contributed by atoms with Crippen LogP contribution >= 0.6 is 0 Å². The molecule has 3 heteroatoms. The molecule has 0 saturated heterocycles. The maximum absolute atomic E-state index is 11.6. The Bertz CT molecular complexity index is 642. The highest BCUT2D eigenvalue weighted by atomic mass is 16.5. The van der Waals surface area contributed by atoms with Crippen LogP contribution in [0.15, 0.2) is 60.7 Å². The molecule has 0 N–H and O–H groups in total. The molecule has 0 aromatic heterocycles. The molecule has 0 saturated carbocycles. The number of para-hydroxylation sites is 1. The van der Waals surface area contributed by atoms with Gasteiger partial charge in [-0.25, -0.2) is 4.79 Å². The van der Waals surface area contributed by atoms with Crippen molar-refractivity contribution in [2.24, 2.45) is 0 Å². The van der Waals surface area contributed by atoms with Crippen LogP contribution < -0.4 is 4.74 Å². The first-order valence-electron chi connectivity index (χ1n) is 6.48. The number of esters is 1. The van der Waals surface area contributed by atoms with Crippen LogP contribution in [0, 0.1) is 0 Å². The molecule has 1 unspecified atom stereocenters. The lowest BCUT2D eigenvalue weighted by atomic mass is 10.1. The van der Waals surface area contributed by atoms with Gasteiger partial charge in [0.05, 0.1) is 5.57 Å². The van der Waals surface area contributed by atoms with Gasteiger partial charge in [-0.1, -0.05) is 30.3 Å². The zero-order valence-electron chi connectivity index (χ0n) is 11.1. The van der Waals surface area contributed by atoms with Gasteiger partial charge < -0.3 is 9.47 Å². The first kappa shape index (κ1) is 12.5. The summed E-state index contributed by atoms with van der Waals surface area (Å²) < 4.78 is 10.8. The van der Waals surface area contributed by atoms with Gasteiger partial charge in [0.25, 0.3) is 0 Å². The van der Waals surface area contributed by atoms with Crippen molar-refractivity contribution in [1.82, 2.24) is 0 Å². The number of ether oxygens (including phenoxy) is 2. The van der Waals surface area contributed by atoms with Gasteiger partial charge in [0.2, 0.25) is 0 Å². The van der Waals surface area contributed by atoms with E-state index in [4.69, 9.17) is 9.47 Å². The molecule has 20 heavy (non-hydrogen) atoms. The minimum atomic E-state index is -0.269. The van der Waals surface area contributed by atoms with Crippen molar-refractivity contribution >= 4 is 11.5 Å². The van der Waals surface area contributed by atoms with Gasteiger partial charge in [0.15, 0.2) is 0 Å². The second-order valence-electron chi connectivity index (χ2n) is 4.63. The lowest BCUT2D eigenvalue weighted by Crippen LogP contribution is -2.03. The lowest BCUT2D eigenvalue weighted by Gasteiger charge is -2.06. The van der Waals surface area contributed by atoms with E-state index >= 15 is 0 Å². The van der Waals surface area contributed by atoms with Crippen molar-refractivity contribution in [3.05, 3.63) is 66.2 Å². The molecule has 2 aromatic rings. The Hall–Kier alpha value is -2.55. The fourth-order valence-electron chi connectivity index (χ4n) is 2.11. The van der Waals surface area contributed by atoms with Gasteiger partial charge in [-0.15, -0.1) is 0 Å². The first-order chi connectivity index (χ1) is 9.72. The molecule has 1 atom stereocenters. The van der Waals surface area contributed by atoms with Crippen molar-refractivity contribution in [2.75, 3.05) is 0 Å². The molecule has 2 aromatic carbocycles. The highest BCUT2D eigenvalue weighted by Crippen LogP contribution is 2.27. The summed E-state index contributed by atoms with van der Waals surface area (Å²) in [6, 6.07) is 17.0. The third-order valence-electron chi connectivity index (χ3n) is 3.06. The Morgan fingerprint density at radius 1 is 0.950 bits per heavy atom. The van der Waals surface area contributed by atoms with Crippen molar-refractivity contribution < 1.29 is 14.3 Å². The molecule has 1 aliphatic rings. The predicted octanol–water partition coefficient (Wildman–Crippen LogP) is 3.81. The van der Waals surface area contributed by atoms with E-state index in [0.717, 1.165) is 17.1 Å². The van der Waals surface area contributed by atoms with Crippen molar-refractivity contribution in [3.8, 4) is 11.5 Å². The second-order valence-corrected chi connectivity index (χ2v) is 4.63. The smallest absolute Gasteiger partial charge is 0.339 e. The van der Waals surface area contributed by atoms with E-state index in [1.165, 1.54) is 0 Å². The number of hydrogen-bond donors (Lipinski definition) is 0. The Kier molecular flexibility index (Phi) is 3.25. The molecular weight excluding hydrogens is 252 g/mol. The summed E-state index contributed by atoms with van der Waals surface area (Å²) in [6.07, 6.45) is 1.67. The second kappa shape index (κ2) is 5.21.